The number of phenols is 1. The molecule has 1 saturated heterocycles. The van der Waals surface area contributed by atoms with E-state index in [-0.39, 0.29) is 6.10 Å². The first kappa shape index (κ1) is 16.5. The van der Waals surface area contributed by atoms with Gasteiger partial charge in [-0.25, -0.2) is 0 Å². The first-order valence-corrected chi connectivity index (χ1v) is 9.45. The molecular formula is C22H27NO2. The van der Waals surface area contributed by atoms with E-state index in [0.29, 0.717) is 11.9 Å². The van der Waals surface area contributed by atoms with Crippen molar-refractivity contribution in [3.8, 4) is 5.75 Å². The minimum absolute atomic E-state index is 0.274. The molecule has 2 aliphatic heterocycles. The van der Waals surface area contributed by atoms with Crippen LogP contribution in [0.3, 0.4) is 0 Å². The summed E-state index contributed by atoms with van der Waals surface area (Å²) in [4.78, 5) is 2.43. The van der Waals surface area contributed by atoms with Gasteiger partial charge in [-0.05, 0) is 54.9 Å². The Morgan fingerprint density at radius 1 is 1.28 bits per heavy atom. The zero-order valence-corrected chi connectivity index (χ0v) is 14.9. The van der Waals surface area contributed by atoms with Gasteiger partial charge in [-0.2, -0.15) is 0 Å². The maximum absolute atomic E-state index is 9.54. The number of aromatic hydroxyl groups is 1. The van der Waals surface area contributed by atoms with Gasteiger partial charge in [0, 0.05) is 18.8 Å². The number of nitrogens with zero attached hydrogens (tertiary/aromatic N) is 1. The van der Waals surface area contributed by atoms with Gasteiger partial charge in [0.2, 0.25) is 0 Å². The minimum Gasteiger partial charge on any atom is -0.508 e. The number of allylic oxidation sites excluding steroid dienone is 1. The second-order valence-corrected chi connectivity index (χ2v) is 7.50. The van der Waals surface area contributed by atoms with Gasteiger partial charge in [-0.15, -0.1) is 0 Å². The summed E-state index contributed by atoms with van der Waals surface area (Å²) in [5, 5.41) is 9.54. The average molecular weight is 337 g/mol. The van der Waals surface area contributed by atoms with E-state index < -0.39 is 0 Å². The smallest absolute Gasteiger partial charge is 0.128 e. The van der Waals surface area contributed by atoms with Gasteiger partial charge in [0.05, 0.1) is 0 Å². The molecule has 1 aliphatic carbocycles. The van der Waals surface area contributed by atoms with Crippen LogP contribution < -0.4 is 0 Å². The van der Waals surface area contributed by atoms with Crippen LogP contribution >= 0.6 is 0 Å². The van der Waals surface area contributed by atoms with Crippen LogP contribution in [0, 0.1) is 5.92 Å². The topological polar surface area (TPSA) is 36.0 Å². The number of rotatable bonds is 5. The fourth-order valence-electron chi connectivity index (χ4n) is 3.93. The van der Waals surface area contributed by atoms with E-state index in [1.807, 2.05) is 12.1 Å². The predicted octanol–water partition coefficient (Wildman–Crippen LogP) is 4.51. The molecule has 132 valence electrons. The Balaban J connectivity index is 1.34. The van der Waals surface area contributed by atoms with Crippen LogP contribution in [0.25, 0.3) is 6.08 Å². The summed E-state index contributed by atoms with van der Waals surface area (Å²) in [5.74, 6) is 1.14. The highest BCUT2D eigenvalue weighted by atomic mass is 16.6. The molecule has 1 N–H and O–H groups in total. The molecule has 1 fully saturated rings. The van der Waals surface area contributed by atoms with E-state index in [1.54, 1.807) is 12.1 Å². The van der Waals surface area contributed by atoms with Crippen molar-refractivity contribution in [3.05, 3.63) is 59.3 Å². The van der Waals surface area contributed by atoms with Crippen LogP contribution in [-0.4, -0.2) is 35.3 Å². The Labute approximate surface area is 150 Å². The maximum atomic E-state index is 9.54. The van der Waals surface area contributed by atoms with Crippen molar-refractivity contribution in [1.82, 2.24) is 4.90 Å². The lowest BCUT2D eigenvalue weighted by molar-refractivity contribution is 0.340. The van der Waals surface area contributed by atoms with E-state index in [9.17, 15) is 5.11 Å². The number of epoxide rings is 1. The molecule has 1 aromatic carbocycles. The summed E-state index contributed by atoms with van der Waals surface area (Å²) in [6.45, 7) is 4.30. The number of ether oxygens (including phenoxy) is 1. The molecule has 3 unspecified atom stereocenters. The molecule has 25 heavy (non-hydrogen) atoms. The van der Waals surface area contributed by atoms with Crippen molar-refractivity contribution >= 4 is 6.08 Å². The number of hydrogen-bond donors (Lipinski definition) is 1. The van der Waals surface area contributed by atoms with E-state index in [1.165, 1.54) is 30.5 Å². The third kappa shape index (κ3) is 3.82. The van der Waals surface area contributed by atoms with Crippen LogP contribution in [0.4, 0.5) is 0 Å². The van der Waals surface area contributed by atoms with Crippen LogP contribution in [0.2, 0.25) is 0 Å². The van der Waals surface area contributed by atoms with E-state index in [2.05, 4.69) is 36.1 Å². The molecule has 0 radical (unpaired) electrons. The lowest BCUT2D eigenvalue weighted by atomic mass is 9.89. The fraction of sp³-hybridized carbons (Fsp3) is 0.455. The number of phenolic OH excluding ortho intramolecular Hbond substituents is 1. The van der Waals surface area contributed by atoms with Crippen LogP contribution in [0.1, 0.15) is 38.2 Å². The average Bonchev–Trinajstić information content (AvgIpc) is 3.26. The highest BCUT2D eigenvalue weighted by Gasteiger charge is 2.46. The Kier molecular flexibility index (Phi) is 4.67. The molecule has 4 rings (SSSR count). The molecule has 0 amide bonds. The van der Waals surface area contributed by atoms with Crippen molar-refractivity contribution in [2.24, 2.45) is 5.92 Å². The van der Waals surface area contributed by atoms with Gasteiger partial charge in [0.25, 0.3) is 0 Å². The van der Waals surface area contributed by atoms with Gasteiger partial charge < -0.3 is 14.7 Å². The molecule has 2 heterocycles. The number of benzene rings is 1. The van der Waals surface area contributed by atoms with Crippen LogP contribution in [0.5, 0.6) is 5.75 Å². The standard InChI is InChI=1S/C22H27NO2/c1-16-9-11-18(12-10-16)21-22(25-21)20-8-4-14-23(20)13-3-6-17-5-2-7-19(24)15-17/h2-3,5-8,11,15-16,21-22,24H,4,9-10,12-14H2,1H3/b6-3+. The maximum Gasteiger partial charge on any atom is 0.128 e. The molecule has 0 spiro atoms. The summed E-state index contributed by atoms with van der Waals surface area (Å²) >= 11 is 0. The van der Waals surface area contributed by atoms with E-state index in [4.69, 9.17) is 4.74 Å². The van der Waals surface area contributed by atoms with Crippen molar-refractivity contribution < 1.29 is 9.84 Å². The number of hydrogen-bond acceptors (Lipinski definition) is 3. The van der Waals surface area contributed by atoms with Gasteiger partial charge >= 0.3 is 0 Å². The van der Waals surface area contributed by atoms with Gasteiger partial charge in [-0.3, -0.25) is 0 Å². The predicted molar refractivity (Wildman–Crippen MR) is 101 cm³/mol. The summed E-state index contributed by atoms with van der Waals surface area (Å²) in [7, 11) is 0. The Hall–Kier alpha value is -2.00. The quantitative estimate of drug-likeness (QED) is 0.634. The fourth-order valence-corrected chi connectivity index (χ4v) is 3.93. The van der Waals surface area contributed by atoms with E-state index in [0.717, 1.165) is 31.0 Å². The van der Waals surface area contributed by atoms with Gasteiger partial charge in [0.1, 0.15) is 18.0 Å². The summed E-state index contributed by atoms with van der Waals surface area (Å²) in [6.07, 6.45) is 14.4. The zero-order valence-electron chi connectivity index (χ0n) is 14.9. The largest absolute Gasteiger partial charge is 0.508 e. The molecule has 3 aliphatic rings. The molecule has 0 bridgehead atoms. The minimum atomic E-state index is 0.274. The van der Waals surface area contributed by atoms with Gasteiger partial charge in [-0.1, -0.05) is 43.4 Å². The molecule has 0 saturated carbocycles. The first-order chi connectivity index (χ1) is 12.2. The second kappa shape index (κ2) is 7.09. The lowest BCUT2D eigenvalue weighted by Crippen LogP contribution is -2.23. The third-order valence-corrected chi connectivity index (χ3v) is 5.48. The second-order valence-electron chi connectivity index (χ2n) is 7.50. The van der Waals surface area contributed by atoms with Crippen molar-refractivity contribution in [1.29, 1.82) is 0 Å². The van der Waals surface area contributed by atoms with Crippen molar-refractivity contribution in [2.45, 2.75) is 44.8 Å². The van der Waals surface area contributed by atoms with E-state index >= 15 is 0 Å². The highest BCUT2D eigenvalue weighted by molar-refractivity contribution is 5.51. The summed E-state index contributed by atoms with van der Waals surface area (Å²) in [5.41, 5.74) is 3.92. The normalized spacial score (nSPS) is 29.0. The van der Waals surface area contributed by atoms with Crippen LogP contribution in [-0.2, 0) is 4.74 Å². The highest BCUT2D eigenvalue weighted by Crippen LogP contribution is 2.41. The zero-order chi connectivity index (χ0) is 17.2. The van der Waals surface area contributed by atoms with Crippen LogP contribution in [0.15, 0.2) is 53.8 Å². The molecule has 3 atom stereocenters. The monoisotopic (exact) mass is 337 g/mol. The molecule has 0 aromatic heterocycles. The Morgan fingerprint density at radius 3 is 3.00 bits per heavy atom. The Morgan fingerprint density at radius 2 is 2.20 bits per heavy atom. The van der Waals surface area contributed by atoms with Crippen molar-refractivity contribution in [3.63, 3.8) is 0 Å². The molecular weight excluding hydrogens is 310 g/mol. The molecule has 3 heteroatoms. The molecule has 1 aromatic rings. The summed E-state index contributed by atoms with van der Waals surface area (Å²) in [6, 6.07) is 7.36. The van der Waals surface area contributed by atoms with Crippen molar-refractivity contribution in [2.75, 3.05) is 13.1 Å². The molecule has 3 nitrogen and oxygen atoms in total. The summed E-state index contributed by atoms with van der Waals surface area (Å²) < 4.78 is 6.05. The SMILES string of the molecule is CC1CC=C(C2OC2C2=CCCN2C/C=C/c2cccc(O)c2)CC1. The third-order valence-electron chi connectivity index (χ3n) is 5.48. The lowest BCUT2D eigenvalue weighted by Gasteiger charge is -2.20. The Bertz CT molecular complexity index is 718. The first-order valence-electron chi connectivity index (χ1n) is 9.45. The van der Waals surface area contributed by atoms with Gasteiger partial charge in [0.15, 0.2) is 0 Å².